The molecule has 0 saturated heterocycles. The molecule has 1 aromatic rings. The summed E-state index contributed by atoms with van der Waals surface area (Å²) in [5.41, 5.74) is 1.39. The third-order valence-corrected chi connectivity index (χ3v) is 3.42. The predicted molar refractivity (Wildman–Crippen MR) is 66.9 cm³/mol. The van der Waals surface area contributed by atoms with E-state index in [1.807, 2.05) is 12.1 Å². The summed E-state index contributed by atoms with van der Waals surface area (Å²) < 4.78 is 5.39. The van der Waals surface area contributed by atoms with Gasteiger partial charge in [-0.15, -0.1) is 0 Å². The van der Waals surface area contributed by atoms with Gasteiger partial charge in [0.05, 0.1) is 13.7 Å². The topological polar surface area (TPSA) is 66.8 Å². The van der Waals surface area contributed by atoms with Crippen molar-refractivity contribution >= 4 is 27.8 Å². The molecule has 1 atom stereocenters. The largest absolute Gasteiger partial charge is 0.467 e. The van der Waals surface area contributed by atoms with Gasteiger partial charge in [0.15, 0.2) is 6.04 Å². The minimum absolute atomic E-state index is 0.268. The first kappa shape index (κ1) is 13.0. The van der Waals surface area contributed by atoms with Crippen LogP contribution in [0.4, 0.5) is 0 Å². The van der Waals surface area contributed by atoms with E-state index in [-0.39, 0.29) is 5.91 Å². The number of halogens is 1. The van der Waals surface area contributed by atoms with Gasteiger partial charge in [-0.25, -0.2) is 4.79 Å². The molecule has 1 amide bonds. The molecule has 18 heavy (non-hydrogen) atoms. The van der Waals surface area contributed by atoms with Crippen molar-refractivity contribution in [2.75, 3.05) is 13.7 Å². The van der Waals surface area contributed by atoms with Crippen LogP contribution in [0.25, 0.3) is 0 Å². The summed E-state index contributed by atoms with van der Waals surface area (Å²) in [6, 6.07) is 4.42. The van der Waals surface area contributed by atoms with E-state index in [0.29, 0.717) is 12.1 Å². The Hall–Kier alpha value is -1.40. The molecule has 2 rings (SSSR count). The molecule has 0 spiro atoms. The molecule has 6 heteroatoms. The lowest BCUT2D eigenvalue weighted by molar-refractivity contribution is -0.147. The van der Waals surface area contributed by atoms with Crippen LogP contribution >= 0.6 is 15.9 Å². The number of carbonyl (C=O) groups excluding carboxylic acids is 2. The molecule has 1 aliphatic rings. The van der Waals surface area contributed by atoms with Crippen molar-refractivity contribution in [3.05, 3.63) is 33.8 Å². The van der Waals surface area contributed by atoms with E-state index >= 15 is 0 Å². The molecule has 0 saturated carbocycles. The number of aliphatic hydroxyl groups excluding tert-OH is 1. The van der Waals surface area contributed by atoms with Crippen LogP contribution in [0, 0.1) is 0 Å². The lowest BCUT2D eigenvalue weighted by atomic mass is 10.1. The average Bonchev–Trinajstić information content (AvgIpc) is 2.68. The second-order valence-corrected chi connectivity index (χ2v) is 4.87. The van der Waals surface area contributed by atoms with Gasteiger partial charge in [0.2, 0.25) is 0 Å². The molecular weight excluding hydrogens is 302 g/mol. The van der Waals surface area contributed by atoms with Gasteiger partial charge in [-0.1, -0.05) is 22.0 Å². The summed E-state index contributed by atoms with van der Waals surface area (Å²) in [5.74, 6) is -0.881. The highest BCUT2D eigenvalue weighted by molar-refractivity contribution is 9.10. The van der Waals surface area contributed by atoms with Crippen LogP contribution in [0.3, 0.4) is 0 Å². The molecule has 1 N–H and O–H groups in total. The maximum Gasteiger partial charge on any atom is 0.331 e. The van der Waals surface area contributed by atoms with E-state index in [4.69, 9.17) is 0 Å². The highest BCUT2D eigenvalue weighted by Crippen LogP contribution is 2.27. The fourth-order valence-electron chi connectivity index (χ4n) is 1.98. The molecule has 1 heterocycles. The third kappa shape index (κ3) is 2.13. The quantitative estimate of drug-likeness (QED) is 0.843. The minimum Gasteiger partial charge on any atom is -0.467 e. The van der Waals surface area contributed by atoms with Gasteiger partial charge in [0, 0.05) is 16.6 Å². The molecule has 0 unspecified atom stereocenters. The molecule has 0 aliphatic carbocycles. The normalized spacial score (nSPS) is 15.5. The SMILES string of the molecule is COC(=O)[C@H](CO)N1Cc2ccc(Br)cc2C1=O. The number of fused-ring (bicyclic) bond motifs is 1. The summed E-state index contributed by atoms with van der Waals surface area (Å²) in [4.78, 5) is 25.0. The number of hydrogen-bond acceptors (Lipinski definition) is 4. The number of carbonyl (C=O) groups is 2. The maximum absolute atomic E-state index is 12.2. The van der Waals surface area contributed by atoms with Crippen molar-refractivity contribution < 1.29 is 19.4 Å². The van der Waals surface area contributed by atoms with Crippen molar-refractivity contribution in [1.29, 1.82) is 0 Å². The summed E-state index contributed by atoms with van der Waals surface area (Å²) in [7, 11) is 1.23. The van der Waals surface area contributed by atoms with Crippen molar-refractivity contribution in [3.8, 4) is 0 Å². The summed E-state index contributed by atoms with van der Waals surface area (Å²) in [6.45, 7) is -0.144. The lowest BCUT2D eigenvalue weighted by Crippen LogP contribution is -2.44. The van der Waals surface area contributed by atoms with Gasteiger partial charge in [-0.2, -0.15) is 0 Å². The van der Waals surface area contributed by atoms with E-state index in [9.17, 15) is 14.7 Å². The average molecular weight is 314 g/mol. The number of amides is 1. The number of esters is 1. The second kappa shape index (κ2) is 5.07. The van der Waals surface area contributed by atoms with E-state index < -0.39 is 18.6 Å². The Morgan fingerprint density at radius 2 is 2.33 bits per heavy atom. The maximum atomic E-state index is 12.2. The third-order valence-electron chi connectivity index (χ3n) is 2.93. The Morgan fingerprint density at radius 3 is 2.94 bits per heavy atom. The Bertz CT molecular complexity index is 503. The Morgan fingerprint density at radius 1 is 1.61 bits per heavy atom. The van der Waals surface area contributed by atoms with Crippen LogP contribution in [-0.2, 0) is 16.1 Å². The number of benzene rings is 1. The highest BCUT2D eigenvalue weighted by atomic mass is 79.9. The standard InChI is InChI=1S/C12H12BrNO4/c1-18-12(17)10(6-15)14-5-7-2-3-8(13)4-9(7)11(14)16/h2-4,10,15H,5-6H2,1H3/t10-/m0/s1. The summed E-state index contributed by atoms with van der Waals surface area (Å²) in [5, 5.41) is 9.24. The van der Waals surface area contributed by atoms with E-state index in [1.54, 1.807) is 6.07 Å². The number of aliphatic hydroxyl groups is 1. The monoisotopic (exact) mass is 313 g/mol. The Labute approximate surface area is 112 Å². The number of ether oxygens (including phenoxy) is 1. The molecule has 0 aromatic heterocycles. The molecule has 0 radical (unpaired) electrons. The van der Waals surface area contributed by atoms with E-state index in [0.717, 1.165) is 10.0 Å². The van der Waals surface area contributed by atoms with E-state index in [2.05, 4.69) is 20.7 Å². The van der Waals surface area contributed by atoms with Crippen LogP contribution < -0.4 is 0 Å². The molecular formula is C12H12BrNO4. The highest BCUT2D eigenvalue weighted by Gasteiger charge is 2.36. The van der Waals surface area contributed by atoms with Crippen molar-refractivity contribution in [3.63, 3.8) is 0 Å². The van der Waals surface area contributed by atoms with Crippen LogP contribution in [0.2, 0.25) is 0 Å². The van der Waals surface area contributed by atoms with Crippen LogP contribution in [0.15, 0.2) is 22.7 Å². The van der Waals surface area contributed by atoms with Gasteiger partial charge >= 0.3 is 5.97 Å². The number of hydrogen-bond donors (Lipinski definition) is 1. The molecule has 0 fully saturated rings. The van der Waals surface area contributed by atoms with Gasteiger partial charge < -0.3 is 14.7 Å². The molecule has 1 aliphatic heterocycles. The fourth-order valence-corrected chi connectivity index (χ4v) is 2.34. The number of methoxy groups -OCH3 is 1. The van der Waals surface area contributed by atoms with Gasteiger partial charge in [0.1, 0.15) is 0 Å². The Kier molecular flexibility index (Phi) is 3.68. The smallest absolute Gasteiger partial charge is 0.331 e. The minimum atomic E-state index is -0.950. The Balaban J connectivity index is 2.30. The molecule has 96 valence electrons. The van der Waals surface area contributed by atoms with Crippen molar-refractivity contribution in [2.45, 2.75) is 12.6 Å². The zero-order valence-corrected chi connectivity index (χ0v) is 11.3. The van der Waals surface area contributed by atoms with Crippen LogP contribution in [-0.4, -0.2) is 41.6 Å². The fraction of sp³-hybridized carbons (Fsp3) is 0.333. The predicted octanol–water partition coefficient (Wildman–Crippen LogP) is 0.939. The number of rotatable bonds is 3. The summed E-state index contributed by atoms with van der Waals surface area (Å²) in [6.07, 6.45) is 0. The van der Waals surface area contributed by atoms with E-state index in [1.165, 1.54) is 12.0 Å². The first-order valence-electron chi connectivity index (χ1n) is 5.36. The van der Waals surface area contributed by atoms with Crippen molar-refractivity contribution in [2.24, 2.45) is 0 Å². The van der Waals surface area contributed by atoms with Crippen LogP contribution in [0.1, 0.15) is 15.9 Å². The van der Waals surface area contributed by atoms with Crippen LogP contribution in [0.5, 0.6) is 0 Å². The first-order chi connectivity index (χ1) is 8.58. The van der Waals surface area contributed by atoms with Crippen molar-refractivity contribution in [1.82, 2.24) is 4.90 Å². The summed E-state index contributed by atoms with van der Waals surface area (Å²) >= 11 is 3.30. The second-order valence-electron chi connectivity index (χ2n) is 3.96. The number of nitrogens with zero attached hydrogens (tertiary/aromatic N) is 1. The zero-order chi connectivity index (χ0) is 13.3. The van der Waals surface area contributed by atoms with Gasteiger partial charge in [-0.3, -0.25) is 4.79 Å². The lowest BCUT2D eigenvalue weighted by Gasteiger charge is -2.23. The molecule has 0 bridgehead atoms. The first-order valence-corrected chi connectivity index (χ1v) is 6.16. The molecule has 1 aromatic carbocycles. The zero-order valence-electron chi connectivity index (χ0n) is 9.72. The molecule has 5 nitrogen and oxygen atoms in total. The van der Waals surface area contributed by atoms with Gasteiger partial charge in [0.25, 0.3) is 5.91 Å². The van der Waals surface area contributed by atoms with Gasteiger partial charge in [-0.05, 0) is 17.7 Å².